The van der Waals surface area contributed by atoms with Crippen LogP contribution < -0.4 is 37.6 Å². The number of carbonyl (C=O) groups is 11. The summed E-state index contributed by atoms with van der Waals surface area (Å²) < 4.78 is 18.0. The number of likely N-dealkylation sites (N-methyl/N-ethyl adjacent to an activating group) is 2. The van der Waals surface area contributed by atoms with Gasteiger partial charge in [0.1, 0.15) is 30.3 Å². The predicted octanol–water partition coefficient (Wildman–Crippen LogP) is 5.64. The number of ether oxygens (including phenoxy) is 3. The van der Waals surface area contributed by atoms with Gasteiger partial charge in [-0.05, 0) is 99.3 Å². The Morgan fingerprint density at radius 2 is 1.33 bits per heavy atom. The molecule has 26 nitrogen and oxygen atoms in total. The lowest BCUT2D eigenvalue weighted by Gasteiger charge is -2.41. The summed E-state index contributed by atoms with van der Waals surface area (Å²) in [5, 5.41) is 27.7. The predicted molar refractivity (Wildman–Crippen MR) is 358 cm³/mol. The van der Waals surface area contributed by atoms with Crippen LogP contribution in [0.3, 0.4) is 0 Å². The van der Waals surface area contributed by atoms with E-state index in [1.54, 1.807) is 116 Å². The summed E-state index contributed by atoms with van der Waals surface area (Å²) in [5.74, 6) is -6.05. The standard InChI is InChI=1S/C69H107N11O15/c1-16-43(8)60(52(93-14)39-56(84)79-38-24-28-51(79)62(94-15)44(9)63(86)72-45(10)61(85)48-25-19-17-20-26-48)77(12)67(90)58(41(4)5)76-66(89)59(42(6)7)78(13)69(92)95-46(11)47-30-32-49(33-31-47)73-64(87)50(27-23-36-71-68(70)91)74-65(88)57(40(2)3)75-53(81)29-21-18-22-37-80-54(82)34-35-55(80)83/h17,19-20,25-26,30-35,40-46,50-52,57-62,85H,16,18,21-24,27-29,36-39H2,1-15H3,(H,72,86)(H,73,87)(H,74,88)(H,75,81)(H,76,89)(H3,70,71,91)/t43-,44+,45+,46?,50-,51-,52?,57-,58-,59-,60-,61+,62+/m0/s1. The maximum absolute atomic E-state index is 14.9. The SMILES string of the molecule is CC[C@H](C)[C@@H](C(CC(=O)N1CCC[C@H]1[C@H](OC)[C@@H](C)C(=O)N[C@H](C)[C@@H](O)c1ccccc1)OC)N(C)C(=O)[C@@H](NC(=O)[C@H](C(C)C)N(C)C(=O)OC(C)c1ccc(NC(=O)[C@H](CCCNC(N)=O)NC(=O)[C@@H](NC(=O)CCCCCN2C(=O)C=CC2=O)C(C)C)cc1)C(C)C. The van der Waals surface area contributed by atoms with Crippen LogP contribution in [0.4, 0.5) is 15.3 Å². The molecule has 26 heteroatoms. The van der Waals surface area contributed by atoms with Crippen LogP contribution in [0.15, 0.2) is 66.7 Å². The van der Waals surface area contributed by atoms with Crippen molar-refractivity contribution >= 4 is 71.0 Å². The fraction of sp³-hybridized carbons (Fsp3) is 0.638. The van der Waals surface area contributed by atoms with Crippen molar-refractivity contribution in [2.45, 2.75) is 207 Å². The molecule has 0 aromatic heterocycles. The van der Waals surface area contributed by atoms with Crippen LogP contribution in [0.2, 0.25) is 0 Å². The second-order valence-electron chi connectivity index (χ2n) is 26.2. The molecule has 1 saturated heterocycles. The molecule has 0 radical (unpaired) electrons. The van der Waals surface area contributed by atoms with E-state index in [-0.39, 0.29) is 74.2 Å². The molecule has 2 aliphatic rings. The Labute approximate surface area is 560 Å². The first kappa shape index (κ1) is 79.5. The van der Waals surface area contributed by atoms with E-state index in [2.05, 4.69) is 31.9 Å². The van der Waals surface area contributed by atoms with Crippen LogP contribution in [0, 0.1) is 29.6 Å². The largest absolute Gasteiger partial charge is 0.442 e. The average Bonchev–Trinajstić information content (AvgIpc) is 1.80. The smallest absolute Gasteiger partial charge is 0.410 e. The van der Waals surface area contributed by atoms with Gasteiger partial charge in [-0.15, -0.1) is 0 Å². The number of anilines is 1. The number of likely N-dealkylation sites (tertiary alicyclic amines) is 1. The molecule has 0 aliphatic carbocycles. The summed E-state index contributed by atoms with van der Waals surface area (Å²) in [6.07, 6.45) is 2.06. The Balaban J connectivity index is 1.39. The maximum Gasteiger partial charge on any atom is 0.410 e. The first-order valence-corrected chi connectivity index (χ1v) is 33.3. The number of aliphatic hydroxyl groups excluding tert-OH is 1. The van der Waals surface area contributed by atoms with Gasteiger partial charge in [-0.25, -0.2) is 9.59 Å². The van der Waals surface area contributed by atoms with Crippen molar-refractivity contribution < 1.29 is 72.1 Å². The van der Waals surface area contributed by atoms with E-state index in [9.17, 15) is 57.8 Å². The van der Waals surface area contributed by atoms with Gasteiger partial charge in [-0.1, -0.05) is 118 Å². The van der Waals surface area contributed by atoms with Gasteiger partial charge in [0.25, 0.3) is 11.8 Å². The minimum atomic E-state index is -1.12. The summed E-state index contributed by atoms with van der Waals surface area (Å²) >= 11 is 0. The molecule has 2 aliphatic heterocycles. The van der Waals surface area contributed by atoms with Gasteiger partial charge in [-0.2, -0.15) is 0 Å². The fourth-order valence-corrected chi connectivity index (χ4v) is 12.3. The van der Waals surface area contributed by atoms with E-state index in [1.165, 1.54) is 38.3 Å². The second-order valence-corrected chi connectivity index (χ2v) is 26.2. The summed E-state index contributed by atoms with van der Waals surface area (Å²) in [5.41, 5.74) is 6.78. The summed E-state index contributed by atoms with van der Waals surface area (Å²) in [4.78, 5) is 153. The van der Waals surface area contributed by atoms with Gasteiger partial charge < -0.3 is 66.8 Å². The van der Waals surface area contributed by atoms with Gasteiger partial charge in [-0.3, -0.25) is 53.0 Å². The van der Waals surface area contributed by atoms with E-state index in [0.717, 1.165) is 4.90 Å². The highest BCUT2D eigenvalue weighted by Gasteiger charge is 2.44. The maximum atomic E-state index is 14.9. The van der Waals surface area contributed by atoms with Crippen molar-refractivity contribution in [3.8, 4) is 0 Å². The van der Waals surface area contributed by atoms with Crippen LogP contribution in [-0.2, 0) is 57.4 Å². The second kappa shape index (κ2) is 38.5. The molecule has 0 saturated carbocycles. The molecule has 0 bridgehead atoms. The van der Waals surface area contributed by atoms with E-state index in [0.29, 0.717) is 61.9 Å². The Bertz CT molecular complexity index is 2910. The zero-order chi connectivity index (χ0) is 71.0. The number of unbranched alkanes of at least 4 members (excludes halogenated alkanes) is 2. The number of methoxy groups -OCH3 is 2. The van der Waals surface area contributed by atoms with E-state index >= 15 is 0 Å². The number of amides is 12. The minimum Gasteiger partial charge on any atom is -0.442 e. The highest BCUT2D eigenvalue weighted by atomic mass is 16.6. The number of aliphatic hydroxyl groups is 1. The number of hydrogen-bond donors (Lipinski definition) is 8. The monoisotopic (exact) mass is 1330 g/mol. The Kier molecular flexibility index (Phi) is 32.2. The molecule has 1 fully saturated rings. The lowest BCUT2D eigenvalue weighted by molar-refractivity contribution is -0.148. The fourth-order valence-electron chi connectivity index (χ4n) is 12.3. The number of benzene rings is 2. The number of carbonyl (C=O) groups excluding carboxylic acids is 11. The van der Waals surface area contributed by atoms with Gasteiger partial charge >= 0.3 is 12.1 Å². The van der Waals surface area contributed by atoms with Crippen LogP contribution in [-0.4, -0.2) is 192 Å². The number of imide groups is 1. The van der Waals surface area contributed by atoms with Crippen LogP contribution in [0.5, 0.6) is 0 Å². The van der Waals surface area contributed by atoms with Crippen LogP contribution in [0.1, 0.15) is 164 Å². The van der Waals surface area contributed by atoms with E-state index < -0.39 is 126 Å². The Morgan fingerprint density at radius 1 is 0.695 bits per heavy atom. The lowest BCUT2D eigenvalue weighted by atomic mass is 9.89. The molecule has 2 aromatic carbocycles. The summed E-state index contributed by atoms with van der Waals surface area (Å²) in [6, 6.07) is 8.76. The zero-order valence-corrected chi connectivity index (χ0v) is 58.3. The van der Waals surface area contributed by atoms with Crippen LogP contribution >= 0.6 is 0 Å². The highest BCUT2D eigenvalue weighted by Crippen LogP contribution is 2.31. The van der Waals surface area contributed by atoms with E-state index in [4.69, 9.17) is 19.9 Å². The first-order valence-electron chi connectivity index (χ1n) is 33.3. The van der Waals surface area contributed by atoms with Crippen molar-refractivity contribution in [2.24, 2.45) is 35.3 Å². The van der Waals surface area contributed by atoms with E-state index in [1.807, 2.05) is 32.0 Å². The van der Waals surface area contributed by atoms with Crippen molar-refractivity contribution in [1.82, 2.24) is 46.2 Å². The molecule has 9 N–H and O–H groups in total. The third-order valence-electron chi connectivity index (χ3n) is 18.1. The summed E-state index contributed by atoms with van der Waals surface area (Å²) in [6.45, 7) is 20.5. The van der Waals surface area contributed by atoms with Gasteiger partial charge in [0, 0.05) is 72.2 Å². The molecule has 12 amide bonds. The Morgan fingerprint density at radius 3 is 1.89 bits per heavy atom. The molecular weight excluding hydrogens is 1220 g/mol. The van der Waals surface area contributed by atoms with Crippen molar-refractivity contribution in [1.29, 1.82) is 0 Å². The van der Waals surface area contributed by atoms with Crippen molar-refractivity contribution in [2.75, 3.05) is 53.3 Å². The van der Waals surface area contributed by atoms with Crippen LogP contribution in [0.25, 0.3) is 0 Å². The molecular formula is C69H107N11O15. The Hall–Kier alpha value is -7.97. The average molecular weight is 1330 g/mol. The number of rotatable bonds is 38. The highest BCUT2D eigenvalue weighted by molar-refractivity contribution is 6.12. The van der Waals surface area contributed by atoms with Gasteiger partial charge in [0.2, 0.25) is 41.4 Å². The third-order valence-corrected chi connectivity index (χ3v) is 18.1. The third kappa shape index (κ3) is 23.1. The van der Waals surface area contributed by atoms with Gasteiger partial charge in [0.15, 0.2) is 0 Å². The lowest BCUT2D eigenvalue weighted by Crippen LogP contribution is -2.60. The molecule has 528 valence electrons. The molecule has 0 spiro atoms. The number of nitrogens with two attached hydrogens (primary N) is 1. The molecule has 2 aromatic rings. The summed E-state index contributed by atoms with van der Waals surface area (Å²) in [7, 11) is 6.09. The minimum absolute atomic E-state index is 0.0811. The number of nitrogens with zero attached hydrogens (tertiary/aromatic N) is 4. The van der Waals surface area contributed by atoms with Crippen molar-refractivity contribution in [3.63, 3.8) is 0 Å². The normalized spacial score (nSPS) is 17.7. The van der Waals surface area contributed by atoms with Gasteiger partial charge in [0.05, 0.1) is 48.8 Å². The van der Waals surface area contributed by atoms with Crippen molar-refractivity contribution in [3.05, 3.63) is 77.9 Å². The number of hydrogen-bond acceptors (Lipinski definition) is 15. The molecule has 95 heavy (non-hydrogen) atoms. The number of urea groups is 1. The topological polar surface area (TPSA) is 347 Å². The number of nitrogens with one attached hydrogen (secondary N) is 6. The molecule has 2 heterocycles. The number of primary amides is 1. The first-order chi connectivity index (χ1) is 44.9. The molecule has 2 unspecified atom stereocenters. The quantitative estimate of drug-likeness (QED) is 0.0298. The zero-order valence-electron chi connectivity index (χ0n) is 58.3. The molecule has 13 atom stereocenters. The molecule has 4 rings (SSSR count).